The zero-order valence-electron chi connectivity index (χ0n) is 29.2. The summed E-state index contributed by atoms with van der Waals surface area (Å²) in [6.45, 7) is -0.792. The van der Waals surface area contributed by atoms with Gasteiger partial charge in [0.05, 0.1) is 35.0 Å². The molecule has 5 rings (SSSR count). The molecule has 10 N–H and O–H groups in total. The molecule has 0 bridgehead atoms. The Labute approximate surface area is 347 Å². The SMILES string of the molecule is NOS(=O)(=O)OCCS(=O)(=O)c1cccc(Nc2nc(Cl)nc(Nc3ccc(/N=N/c4cc5c(S(=O)(=O)O)cc(SOOO)cc5cc4S(=O)(=O)O)c(NC(N)=O)c3)n2)c1. The van der Waals surface area contributed by atoms with E-state index in [9.17, 15) is 47.6 Å². The molecule has 32 heteroatoms. The maximum Gasteiger partial charge on any atom is 0.415 e. The normalized spacial score (nSPS) is 12.5. The molecule has 0 radical (unpaired) electrons. The molecule has 60 heavy (non-hydrogen) atoms. The Kier molecular flexibility index (Phi) is 14.2. The Morgan fingerprint density at radius 3 is 2.08 bits per heavy atom. The molecule has 0 atom stereocenters. The molecule has 0 aliphatic carbocycles. The van der Waals surface area contributed by atoms with Gasteiger partial charge in [-0.15, -0.1) is 14.6 Å². The zero-order chi connectivity index (χ0) is 44.0. The largest absolute Gasteiger partial charge is 0.415 e. The molecule has 0 unspecified atom stereocenters. The predicted molar refractivity (Wildman–Crippen MR) is 208 cm³/mol. The highest BCUT2D eigenvalue weighted by Crippen LogP contribution is 2.38. The Bertz CT molecular complexity index is 2960. The number of azo groups is 1. The van der Waals surface area contributed by atoms with Gasteiger partial charge in [0.1, 0.15) is 21.2 Å². The number of anilines is 5. The Hall–Kier alpha value is -5.26. The van der Waals surface area contributed by atoms with E-state index < -0.39 is 74.3 Å². The summed E-state index contributed by atoms with van der Waals surface area (Å²) in [5, 5.41) is 26.8. The number of hydrogen-bond donors (Lipinski definition) is 8. The average Bonchev–Trinajstić information content (AvgIpc) is 3.15. The minimum atomic E-state index is -5.08. The number of benzene rings is 4. The zero-order valence-corrected chi connectivity index (χ0v) is 34.1. The second kappa shape index (κ2) is 18.6. The predicted octanol–water partition coefficient (Wildman–Crippen LogP) is 3.92. The van der Waals surface area contributed by atoms with Crippen molar-refractivity contribution in [3.05, 3.63) is 72.0 Å². The number of rotatable bonds is 18. The second-order valence-corrected chi connectivity index (χ2v) is 18.5. The van der Waals surface area contributed by atoms with Crippen LogP contribution in [0.4, 0.5) is 45.1 Å². The summed E-state index contributed by atoms with van der Waals surface area (Å²) in [6, 6.07) is 11.8. The van der Waals surface area contributed by atoms with Crippen molar-refractivity contribution >= 4 is 121 Å². The van der Waals surface area contributed by atoms with Gasteiger partial charge in [-0.3, -0.25) is 9.11 Å². The van der Waals surface area contributed by atoms with Crippen LogP contribution in [-0.4, -0.2) is 81.4 Å². The van der Waals surface area contributed by atoms with Crippen molar-refractivity contribution in [3.8, 4) is 0 Å². The minimum Gasteiger partial charge on any atom is -0.351 e. The van der Waals surface area contributed by atoms with E-state index in [1.54, 1.807) is 0 Å². The molecule has 0 spiro atoms. The summed E-state index contributed by atoms with van der Waals surface area (Å²) in [6.07, 6.45) is 0. The third-order valence-corrected chi connectivity index (χ3v) is 12.1. The smallest absolute Gasteiger partial charge is 0.351 e. The van der Waals surface area contributed by atoms with Crippen LogP contribution in [0.25, 0.3) is 10.8 Å². The summed E-state index contributed by atoms with van der Waals surface area (Å²) in [4.78, 5) is 22.1. The van der Waals surface area contributed by atoms with Gasteiger partial charge < -0.3 is 21.7 Å². The number of fused-ring (bicyclic) bond motifs is 1. The summed E-state index contributed by atoms with van der Waals surface area (Å²) >= 11 is 6.40. The molecular weight excluding hydrogens is 928 g/mol. The van der Waals surface area contributed by atoms with Crippen molar-refractivity contribution in [1.82, 2.24) is 15.0 Å². The Morgan fingerprint density at radius 1 is 0.817 bits per heavy atom. The molecule has 0 saturated heterocycles. The van der Waals surface area contributed by atoms with Gasteiger partial charge >= 0.3 is 16.4 Å². The van der Waals surface area contributed by atoms with Crippen LogP contribution in [0.1, 0.15) is 0 Å². The fourth-order valence-electron chi connectivity index (χ4n) is 4.84. The van der Waals surface area contributed by atoms with Gasteiger partial charge in [0, 0.05) is 21.7 Å². The van der Waals surface area contributed by atoms with E-state index in [0.717, 1.165) is 18.2 Å². The van der Waals surface area contributed by atoms with Crippen LogP contribution in [0, 0.1) is 0 Å². The first-order valence-electron chi connectivity index (χ1n) is 15.5. The lowest BCUT2D eigenvalue weighted by Gasteiger charge is -2.12. The van der Waals surface area contributed by atoms with E-state index >= 15 is 0 Å². The molecule has 0 saturated carbocycles. The number of carbonyl (C=O) groups is 1. The number of urea groups is 1. The summed E-state index contributed by atoms with van der Waals surface area (Å²) in [5.41, 5.74) is 4.70. The van der Waals surface area contributed by atoms with Gasteiger partial charge in [-0.05, 0) is 77.7 Å². The number of halogens is 1. The van der Waals surface area contributed by atoms with Crippen LogP contribution in [-0.2, 0) is 58.3 Å². The van der Waals surface area contributed by atoms with Crippen molar-refractivity contribution < 1.29 is 70.7 Å². The highest BCUT2D eigenvalue weighted by atomic mass is 35.5. The van der Waals surface area contributed by atoms with E-state index in [2.05, 4.69) is 64.9 Å². The van der Waals surface area contributed by atoms with E-state index in [-0.39, 0.29) is 60.5 Å². The maximum absolute atomic E-state index is 12.8. The van der Waals surface area contributed by atoms with Crippen molar-refractivity contribution in [3.63, 3.8) is 0 Å². The lowest BCUT2D eigenvalue weighted by Crippen LogP contribution is -2.19. The van der Waals surface area contributed by atoms with Crippen molar-refractivity contribution in [2.45, 2.75) is 19.6 Å². The number of nitrogens with two attached hydrogens (primary N) is 2. The van der Waals surface area contributed by atoms with Crippen molar-refractivity contribution in [2.24, 2.45) is 21.9 Å². The van der Waals surface area contributed by atoms with Gasteiger partial charge in [0.2, 0.25) is 17.2 Å². The van der Waals surface area contributed by atoms with Crippen LogP contribution in [0.3, 0.4) is 0 Å². The molecule has 0 fully saturated rings. The summed E-state index contributed by atoms with van der Waals surface area (Å²) in [5.74, 6) is 3.42. The molecule has 1 aromatic heterocycles. The first-order chi connectivity index (χ1) is 28.1. The van der Waals surface area contributed by atoms with Crippen molar-refractivity contribution in [1.29, 1.82) is 0 Å². The monoisotopic (exact) mass is 952 g/mol. The first kappa shape index (κ1) is 45.8. The molecule has 4 aromatic carbocycles. The average molecular weight is 953 g/mol. The molecule has 0 aliphatic heterocycles. The number of aromatic nitrogens is 3. The van der Waals surface area contributed by atoms with E-state index in [1.807, 2.05) is 0 Å². The quantitative estimate of drug-likeness (QED) is 0.0203. The molecule has 320 valence electrons. The number of carbonyl (C=O) groups excluding carboxylic acids is 1. The van der Waals surface area contributed by atoms with Crippen LogP contribution in [0.15, 0.2) is 96.5 Å². The second-order valence-electron chi connectivity index (χ2n) is 11.2. The molecule has 5 aromatic rings. The number of amides is 2. The maximum atomic E-state index is 12.8. The van der Waals surface area contributed by atoms with Gasteiger partial charge in [0.25, 0.3) is 20.2 Å². The van der Waals surface area contributed by atoms with E-state index in [0.29, 0.717) is 12.0 Å². The van der Waals surface area contributed by atoms with Gasteiger partial charge in [0.15, 0.2) is 9.84 Å². The summed E-state index contributed by atoms with van der Waals surface area (Å²) in [7, 11) is -18.7. The fraction of sp³-hybridized carbons (Fsp3) is 0.0714. The van der Waals surface area contributed by atoms with E-state index in [1.165, 1.54) is 48.5 Å². The first-order valence-corrected chi connectivity index (χ1v) is 22.5. The van der Waals surface area contributed by atoms with E-state index in [4.69, 9.17) is 22.6 Å². The molecule has 26 nitrogen and oxygen atoms in total. The molecule has 0 aliphatic rings. The lowest BCUT2D eigenvalue weighted by molar-refractivity contribution is -0.432. The molecule has 2 amide bonds. The fourth-order valence-corrected chi connectivity index (χ4v) is 8.47. The molecular formula is C28H25ClN10O16S5. The van der Waals surface area contributed by atoms with Crippen LogP contribution >= 0.6 is 23.6 Å². The van der Waals surface area contributed by atoms with Crippen LogP contribution in [0.5, 0.6) is 0 Å². The van der Waals surface area contributed by atoms with Gasteiger partial charge in [-0.1, -0.05) is 11.1 Å². The highest BCUT2D eigenvalue weighted by molar-refractivity contribution is 7.94. The van der Waals surface area contributed by atoms with Crippen LogP contribution in [0.2, 0.25) is 5.28 Å². The number of hydrogen-bond acceptors (Lipinski definition) is 23. The number of sulfone groups is 1. The number of nitrogens with zero attached hydrogens (tertiary/aromatic N) is 5. The third kappa shape index (κ3) is 12.2. The summed E-state index contributed by atoms with van der Waals surface area (Å²) < 4.78 is 129. The van der Waals surface area contributed by atoms with Gasteiger partial charge in [-0.25, -0.2) is 22.7 Å². The topological polar surface area (TPSA) is 403 Å². The highest BCUT2D eigenvalue weighted by Gasteiger charge is 2.23. The Morgan fingerprint density at radius 2 is 1.47 bits per heavy atom. The van der Waals surface area contributed by atoms with Gasteiger partial charge in [-0.2, -0.15) is 50.4 Å². The van der Waals surface area contributed by atoms with Crippen LogP contribution < -0.4 is 27.6 Å². The minimum absolute atomic E-state index is 0.0945. The number of nitrogens with one attached hydrogen (secondary N) is 3. The Balaban J connectivity index is 1.44. The third-order valence-electron chi connectivity index (χ3n) is 7.22. The number of primary amides is 1. The van der Waals surface area contributed by atoms with Crippen molar-refractivity contribution in [2.75, 3.05) is 28.3 Å². The molecule has 1 heterocycles. The standard InChI is InChI=1S/C28H25ClN10O16S5/c29-25-35-27(32-15-2-1-3-18(10-15)57(42,43)7-6-52-60(50,51)53-31)37-28(36-25)33-16-4-5-20(21(11-16)34-26(30)40)38-39-22-13-19-14(9-24(22)59(47,48)49)8-17(56-55-54-41)12-23(19)58(44,45)46/h1-5,8-13,41H,6-7,31H2,(H3,30,34,40)(H,44,45,46)(H,47,48,49)(H2,32,33,35,36,37)/b39-38+. The lowest BCUT2D eigenvalue weighted by atomic mass is 10.1.